The van der Waals surface area contributed by atoms with Gasteiger partial charge in [0.1, 0.15) is 0 Å². The monoisotopic (exact) mass is 143 g/mol. The maximum Gasteiger partial charge on any atom is 0.0575 e. The summed E-state index contributed by atoms with van der Waals surface area (Å²) in [5.41, 5.74) is 0. The Morgan fingerprint density at radius 1 is 1.30 bits per heavy atom. The van der Waals surface area contributed by atoms with Crippen LogP contribution >= 0.6 is 0 Å². The summed E-state index contributed by atoms with van der Waals surface area (Å²) >= 11 is 0. The van der Waals surface area contributed by atoms with Crippen molar-refractivity contribution in [2.24, 2.45) is 0 Å². The fourth-order valence-corrected chi connectivity index (χ4v) is 1.52. The molecule has 1 heterocycles. The lowest BCUT2D eigenvalue weighted by atomic mass is 10.1. The second-order valence-corrected chi connectivity index (χ2v) is 3.02. The molecule has 0 aromatic rings. The average molecular weight is 143 g/mol. The van der Waals surface area contributed by atoms with E-state index in [-0.39, 0.29) is 0 Å². The van der Waals surface area contributed by atoms with Gasteiger partial charge in [-0.3, -0.25) is 0 Å². The van der Waals surface area contributed by atoms with Gasteiger partial charge >= 0.3 is 0 Å². The first kappa shape index (κ1) is 8.02. The van der Waals surface area contributed by atoms with Crippen LogP contribution in [0.5, 0.6) is 0 Å². The lowest BCUT2D eigenvalue weighted by Crippen LogP contribution is -2.31. The molecule has 0 aromatic carbocycles. The van der Waals surface area contributed by atoms with Crippen LogP contribution in [0.15, 0.2) is 0 Å². The summed E-state index contributed by atoms with van der Waals surface area (Å²) in [6.07, 6.45) is 5.30. The Morgan fingerprint density at radius 2 is 2.10 bits per heavy atom. The van der Waals surface area contributed by atoms with Gasteiger partial charge in [-0.1, -0.05) is 12.8 Å². The molecule has 1 aliphatic rings. The molecule has 1 rings (SSSR count). The molecule has 0 radical (unpaired) electrons. The van der Waals surface area contributed by atoms with E-state index in [0.29, 0.717) is 6.04 Å². The molecule has 0 spiro atoms. The molecular formula is C8H17NO. The van der Waals surface area contributed by atoms with Gasteiger partial charge < -0.3 is 4.84 Å². The van der Waals surface area contributed by atoms with Crippen LogP contribution in [0, 0.1) is 0 Å². The molecule has 2 nitrogen and oxygen atoms in total. The van der Waals surface area contributed by atoms with E-state index in [1.54, 1.807) is 7.11 Å². The Hall–Kier alpha value is -0.0800. The molecule has 1 fully saturated rings. The second kappa shape index (κ2) is 3.94. The first-order chi connectivity index (χ1) is 4.84. The molecule has 0 amide bonds. The highest BCUT2D eigenvalue weighted by atomic mass is 16.7. The normalized spacial score (nSPS) is 30.0. The summed E-state index contributed by atoms with van der Waals surface area (Å²) in [6, 6.07) is 0.618. The highest BCUT2D eigenvalue weighted by molar-refractivity contribution is 4.64. The first-order valence-electron chi connectivity index (χ1n) is 4.15. The molecule has 0 bridgehead atoms. The van der Waals surface area contributed by atoms with Crippen molar-refractivity contribution in [3.8, 4) is 0 Å². The van der Waals surface area contributed by atoms with Crippen LogP contribution in [0.2, 0.25) is 0 Å². The van der Waals surface area contributed by atoms with E-state index in [0.717, 1.165) is 6.54 Å². The van der Waals surface area contributed by atoms with Gasteiger partial charge in [-0.15, -0.1) is 0 Å². The van der Waals surface area contributed by atoms with Crippen molar-refractivity contribution in [2.75, 3.05) is 13.7 Å². The Labute approximate surface area is 63.1 Å². The largest absolute Gasteiger partial charge is 0.302 e. The van der Waals surface area contributed by atoms with E-state index < -0.39 is 0 Å². The third kappa shape index (κ3) is 1.96. The summed E-state index contributed by atoms with van der Waals surface area (Å²) in [4.78, 5) is 5.22. The van der Waals surface area contributed by atoms with Crippen LogP contribution in [0.4, 0.5) is 0 Å². The van der Waals surface area contributed by atoms with Gasteiger partial charge in [-0.25, -0.2) is 0 Å². The van der Waals surface area contributed by atoms with Crippen LogP contribution in [0.3, 0.4) is 0 Å². The van der Waals surface area contributed by atoms with Crippen molar-refractivity contribution in [3.63, 3.8) is 0 Å². The SMILES string of the molecule is CON1CCCCC[C@H]1C. The molecule has 2 heteroatoms. The van der Waals surface area contributed by atoms with Gasteiger partial charge in [0.15, 0.2) is 0 Å². The summed E-state index contributed by atoms with van der Waals surface area (Å²) in [5.74, 6) is 0. The predicted molar refractivity (Wildman–Crippen MR) is 41.6 cm³/mol. The Balaban J connectivity index is 2.35. The lowest BCUT2D eigenvalue weighted by Gasteiger charge is -2.23. The van der Waals surface area contributed by atoms with E-state index in [2.05, 4.69) is 12.0 Å². The fraction of sp³-hybridized carbons (Fsp3) is 1.00. The zero-order valence-corrected chi connectivity index (χ0v) is 6.97. The first-order valence-corrected chi connectivity index (χ1v) is 4.15. The standard InChI is InChI=1S/C8H17NO/c1-8-6-4-3-5-7-9(8)10-2/h8H,3-7H2,1-2H3/t8-/m1/s1. The minimum atomic E-state index is 0.618. The molecule has 0 saturated carbocycles. The molecular weight excluding hydrogens is 126 g/mol. The maximum absolute atomic E-state index is 5.22. The summed E-state index contributed by atoms with van der Waals surface area (Å²) in [5, 5.41) is 2.09. The fourth-order valence-electron chi connectivity index (χ4n) is 1.52. The smallest absolute Gasteiger partial charge is 0.0575 e. The van der Waals surface area contributed by atoms with Crippen molar-refractivity contribution >= 4 is 0 Å². The molecule has 60 valence electrons. The minimum absolute atomic E-state index is 0.618. The zero-order valence-electron chi connectivity index (χ0n) is 6.97. The highest BCUT2D eigenvalue weighted by Crippen LogP contribution is 2.15. The second-order valence-electron chi connectivity index (χ2n) is 3.02. The maximum atomic E-state index is 5.22. The molecule has 0 aliphatic carbocycles. The Bertz CT molecular complexity index is 95.3. The summed E-state index contributed by atoms with van der Waals surface area (Å²) in [6.45, 7) is 3.34. The van der Waals surface area contributed by atoms with Gasteiger partial charge in [0, 0.05) is 12.6 Å². The highest BCUT2D eigenvalue weighted by Gasteiger charge is 2.15. The lowest BCUT2D eigenvalue weighted by molar-refractivity contribution is -0.155. The quantitative estimate of drug-likeness (QED) is 0.555. The summed E-state index contributed by atoms with van der Waals surface area (Å²) < 4.78 is 0. The van der Waals surface area contributed by atoms with Crippen molar-refractivity contribution in [2.45, 2.75) is 38.6 Å². The van der Waals surface area contributed by atoms with Gasteiger partial charge in [0.05, 0.1) is 7.11 Å². The topological polar surface area (TPSA) is 12.5 Å². The van der Waals surface area contributed by atoms with Crippen molar-refractivity contribution < 1.29 is 4.84 Å². The third-order valence-electron chi connectivity index (χ3n) is 2.23. The van der Waals surface area contributed by atoms with E-state index in [1.165, 1.54) is 25.7 Å². The number of hydrogen-bond donors (Lipinski definition) is 0. The number of nitrogens with zero attached hydrogens (tertiary/aromatic N) is 1. The molecule has 1 saturated heterocycles. The van der Waals surface area contributed by atoms with Crippen LogP contribution < -0.4 is 0 Å². The van der Waals surface area contributed by atoms with E-state index in [4.69, 9.17) is 4.84 Å². The molecule has 0 unspecified atom stereocenters. The van der Waals surface area contributed by atoms with Crippen LogP contribution in [-0.4, -0.2) is 24.8 Å². The van der Waals surface area contributed by atoms with E-state index in [9.17, 15) is 0 Å². The van der Waals surface area contributed by atoms with E-state index in [1.807, 2.05) is 0 Å². The molecule has 1 atom stereocenters. The van der Waals surface area contributed by atoms with Gasteiger partial charge in [-0.2, -0.15) is 5.06 Å². The summed E-state index contributed by atoms with van der Waals surface area (Å²) in [7, 11) is 1.77. The number of hydroxylamine groups is 2. The third-order valence-corrected chi connectivity index (χ3v) is 2.23. The van der Waals surface area contributed by atoms with Gasteiger partial charge in [0.25, 0.3) is 0 Å². The van der Waals surface area contributed by atoms with Crippen molar-refractivity contribution in [1.82, 2.24) is 5.06 Å². The minimum Gasteiger partial charge on any atom is -0.302 e. The molecule has 0 aromatic heterocycles. The zero-order chi connectivity index (χ0) is 7.40. The van der Waals surface area contributed by atoms with Crippen LogP contribution in [-0.2, 0) is 4.84 Å². The molecule has 1 aliphatic heterocycles. The van der Waals surface area contributed by atoms with E-state index >= 15 is 0 Å². The van der Waals surface area contributed by atoms with Crippen LogP contribution in [0.1, 0.15) is 32.6 Å². The van der Waals surface area contributed by atoms with Crippen molar-refractivity contribution in [3.05, 3.63) is 0 Å². The Kier molecular flexibility index (Phi) is 3.16. The predicted octanol–water partition coefficient (Wildman–Crippen LogP) is 1.81. The number of rotatable bonds is 1. The Morgan fingerprint density at radius 3 is 2.80 bits per heavy atom. The average Bonchev–Trinajstić information content (AvgIpc) is 2.13. The van der Waals surface area contributed by atoms with Gasteiger partial charge in [0.2, 0.25) is 0 Å². The molecule has 0 N–H and O–H groups in total. The van der Waals surface area contributed by atoms with Gasteiger partial charge in [-0.05, 0) is 19.8 Å². The molecule has 10 heavy (non-hydrogen) atoms. The van der Waals surface area contributed by atoms with Crippen LogP contribution in [0.25, 0.3) is 0 Å². The number of hydrogen-bond acceptors (Lipinski definition) is 2. The van der Waals surface area contributed by atoms with Crippen molar-refractivity contribution in [1.29, 1.82) is 0 Å².